The number of rotatable bonds is 10. The first-order valence-electron chi connectivity index (χ1n) is 12.1. The molecule has 0 bridgehead atoms. The van der Waals surface area contributed by atoms with Crippen molar-refractivity contribution in [2.24, 2.45) is 5.92 Å². The molecule has 1 saturated carbocycles. The molecule has 2 aromatic heterocycles. The number of hydrogen-bond acceptors (Lipinski definition) is 4. The average Bonchev–Trinajstić information content (AvgIpc) is 3.45. The molecule has 34 heavy (non-hydrogen) atoms. The van der Waals surface area contributed by atoms with Gasteiger partial charge in [0.1, 0.15) is 11.8 Å². The summed E-state index contributed by atoms with van der Waals surface area (Å²) < 4.78 is 1.91. The zero-order chi connectivity index (χ0) is 23.5. The molecule has 0 spiro atoms. The van der Waals surface area contributed by atoms with Crippen LogP contribution in [0.4, 0.5) is 5.82 Å². The predicted octanol–water partition coefficient (Wildman–Crippen LogP) is 6.24. The topological polar surface area (TPSA) is 79.5 Å². The van der Waals surface area contributed by atoms with Gasteiger partial charge in [-0.2, -0.15) is 5.10 Å². The lowest BCUT2D eigenvalue weighted by Crippen LogP contribution is -2.06. The van der Waals surface area contributed by atoms with Crippen molar-refractivity contribution >= 4 is 17.3 Å². The van der Waals surface area contributed by atoms with Crippen LogP contribution in [0.1, 0.15) is 50.5 Å². The molecule has 1 fully saturated rings. The van der Waals surface area contributed by atoms with Crippen molar-refractivity contribution in [2.45, 2.75) is 44.9 Å². The lowest BCUT2D eigenvalue weighted by Gasteiger charge is -2.11. The third-order valence-corrected chi connectivity index (χ3v) is 6.76. The minimum atomic E-state index is -0.737. The average molecular weight is 455 g/mol. The highest BCUT2D eigenvalue weighted by molar-refractivity contribution is 5.98. The number of aromatic nitrogens is 3. The maximum Gasteiger partial charge on any atom is 0.303 e. The lowest BCUT2D eigenvalue weighted by atomic mass is 9.96. The maximum atomic E-state index is 10.7. The second kappa shape index (κ2) is 9.67. The third kappa shape index (κ3) is 4.67. The van der Waals surface area contributed by atoms with Crippen LogP contribution in [0.15, 0.2) is 67.1 Å². The van der Waals surface area contributed by atoms with E-state index in [2.05, 4.69) is 77.1 Å². The fraction of sp³-hybridized carbons (Fsp3) is 0.321. The Hall–Kier alpha value is -3.67. The van der Waals surface area contributed by atoms with Crippen molar-refractivity contribution in [2.75, 3.05) is 11.9 Å². The molecule has 0 radical (unpaired) electrons. The summed E-state index contributed by atoms with van der Waals surface area (Å²) in [5.74, 6) is 1.53. The Kier molecular flexibility index (Phi) is 6.30. The molecule has 0 saturated heterocycles. The van der Waals surface area contributed by atoms with Gasteiger partial charge in [-0.1, -0.05) is 67.9 Å². The number of fused-ring (bicyclic) bond motifs is 1. The van der Waals surface area contributed by atoms with Crippen molar-refractivity contribution in [3.63, 3.8) is 0 Å². The summed E-state index contributed by atoms with van der Waals surface area (Å²) in [5, 5.41) is 16.8. The Morgan fingerprint density at radius 1 is 1.06 bits per heavy atom. The van der Waals surface area contributed by atoms with Gasteiger partial charge in [-0.05, 0) is 47.8 Å². The summed E-state index contributed by atoms with van der Waals surface area (Å²) in [4.78, 5) is 15.3. The normalized spacial score (nSPS) is 17.1. The summed E-state index contributed by atoms with van der Waals surface area (Å²) in [6.07, 6.45) is 7.60. The molecule has 6 heteroatoms. The van der Waals surface area contributed by atoms with Gasteiger partial charge in [0.05, 0.1) is 0 Å². The Labute approximate surface area is 199 Å². The number of benzene rings is 2. The van der Waals surface area contributed by atoms with Gasteiger partial charge in [-0.25, -0.2) is 9.50 Å². The molecule has 2 atom stereocenters. The van der Waals surface area contributed by atoms with Crippen LogP contribution in [0.5, 0.6) is 0 Å². The van der Waals surface area contributed by atoms with E-state index in [0.29, 0.717) is 12.3 Å². The fourth-order valence-corrected chi connectivity index (χ4v) is 4.74. The van der Waals surface area contributed by atoms with E-state index < -0.39 is 5.97 Å². The van der Waals surface area contributed by atoms with Gasteiger partial charge in [-0.3, -0.25) is 4.79 Å². The van der Waals surface area contributed by atoms with Gasteiger partial charge < -0.3 is 10.4 Å². The van der Waals surface area contributed by atoms with E-state index in [9.17, 15) is 4.79 Å². The number of unbranched alkanes of at least 4 members (excludes halogenated alkanes) is 2. The molecule has 1 aliphatic carbocycles. The van der Waals surface area contributed by atoms with Crippen LogP contribution >= 0.6 is 0 Å². The van der Waals surface area contributed by atoms with Crippen LogP contribution in [0.2, 0.25) is 0 Å². The number of anilines is 1. The van der Waals surface area contributed by atoms with Crippen LogP contribution in [0.25, 0.3) is 27.8 Å². The molecule has 2 heterocycles. The van der Waals surface area contributed by atoms with Crippen LogP contribution in [-0.2, 0) is 4.79 Å². The molecule has 174 valence electrons. The van der Waals surface area contributed by atoms with Gasteiger partial charge in [0.25, 0.3) is 0 Å². The highest BCUT2D eigenvalue weighted by atomic mass is 16.4. The second-order valence-electron chi connectivity index (χ2n) is 9.26. The van der Waals surface area contributed by atoms with Gasteiger partial charge in [-0.15, -0.1) is 0 Å². The Balaban J connectivity index is 1.49. The monoisotopic (exact) mass is 454 g/mol. The zero-order valence-electron chi connectivity index (χ0n) is 19.4. The smallest absolute Gasteiger partial charge is 0.303 e. The van der Waals surface area contributed by atoms with Crippen molar-refractivity contribution < 1.29 is 9.90 Å². The molecular weight excluding hydrogens is 424 g/mol. The molecule has 2 unspecified atom stereocenters. The molecule has 0 amide bonds. The summed E-state index contributed by atoms with van der Waals surface area (Å²) in [6, 6.07) is 19.4. The highest BCUT2D eigenvalue weighted by Gasteiger charge is 2.33. The number of nitrogens with one attached hydrogen (secondary N) is 1. The first-order chi connectivity index (χ1) is 16.6. The SMILES string of the molecule is CC1CC1c1ccc(-c2c(-c3ccccc3)cn3ncnc(NCCCCCC(=O)O)c23)cc1. The van der Waals surface area contributed by atoms with Gasteiger partial charge in [0, 0.05) is 30.3 Å². The molecule has 0 aliphatic heterocycles. The van der Waals surface area contributed by atoms with Crippen molar-refractivity contribution in [3.05, 3.63) is 72.7 Å². The van der Waals surface area contributed by atoms with E-state index in [0.717, 1.165) is 58.9 Å². The van der Waals surface area contributed by atoms with Gasteiger partial charge in [0.15, 0.2) is 5.82 Å². The van der Waals surface area contributed by atoms with Gasteiger partial charge in [0.2, 0.25) is 0 Å². The number of hydrogen-bond donors (Lipinski definition) is 2. The highest BCUT2D eigenvalue weighted by Crippen LogP contribution is 2.47. The Morgan fingerprint density at radius 3 is 2.53 bits per heavy atom. The molecule has 4 aromatic rings. The number of carbonyl (C=O) groups is 1. The van der Waals surface area contributed by atoms with Crippen LogP contribution in [-0.4, -0.2) is 32.2 Å². The number of carboxylic acid groups (broad SMARTS) is 1. The summed E-state index contributed by atoms with van der Waals surface area (Å²) in [5.41, 5.74) is 6.91. The lowest BCUT2D eigenvalue weighted by molar-refractivity contribution is -0.137. The summed E-state index contributed by atoms with van der Waals surface area (Å²) in [6.45, 7) is 3.04. The van der Waals surface area contributed by atoms with Crippen LogP contribution in [0, 0.1) is 5.92 Å². The van der Waals surface area contributed by atoms with Crippen LogP contribution < -0.4 is 5.32 Å². The summed E-state index contributed by atoms with van der Waals surface area (Å²) in [7, 11) is 0. The fourth-order valence-electron chi connectivity index (χ4n) is 4.74. The zero-order valence-corrected chi connectivity index (χ0v) is 19.4. The van der Waals surface area contributed by atoms with E-state index >= 15 is 0 Å². The van der Waals surface area contributed by atoms with E-state index in [1.165, 1.54) is 12.0 Å². The van der Waals surface area contributed by atoms with E-state index in [1.807, 2.05) is 10.6 Å². The van der Waals surface area contributed by atoms with E-state index in [1.54, 1.807) is 6.33 Å². The molecule has 2 aromatic carbocycles. The maximum absolute atomic E-state index is 10.7. The van der Waals surface area contributed by atoms with Crippen molar-refractivity contribution in [1.29, 1.82) is 0 Å². The van der Waals surface area contributed by atoms with E-state index in [4.69, 9.17) is 5.11 Å². The number of nitrogens with zero attached hydrogens (tertiary/aromatic N) is 3. The molecule has 5 rings (SSSR count). The Morgan fingerprint density at radius 2 is 1.82 bits per heavy atom. The molecule has 2 N–H and O–H groups in total. The van der Waals surface area contributed by atoms with Crippen molar-refractivity contribution in [1.82, 2.24) is 14.6 Å². The predicted molar refractivity (Wildman–Crippen MR) is 135 cm³/mol. The first kappa shape index (κ1) is 22.1. The number of carboxylic acids is 1. The largest absolute Gasteiger partial charge is 0.481 e. The minimum absolute atomic E-state index is 0.219. The quantitative estimate of drug-likeness (QED) is 0.277. The number of aliphatic carboxylic acids is 1. The second-order valence-corrected chi connectivity index (χ2v) is 9.26. The standard InChI is InChI=1S/C28H30N4O2/c1-19-16-23(19)21-11-13-22(14-12-21)26-24(20-8-4-2-5-9-20)17-32-27(26)28(30-18-31-32)29-15-7-3-6-10-25(33)34/h2,4-5,8-9,11-14,17-19,23H,3,6-7,10,15-16H2,1H3,(H,33,34)(H,29,30,31). The van der Waals surface area contributed by atoms with E-state index in [-0.39, 0.29) is 6.42 Å². The Bertz CT molecular complexity index is 1280. The summed E-state index contributed by atoms with van der Waals surface area (Å²) >= 11 is 0. The van der Waals surface area contributed by atoms with Crippen molar-refractivity contribution in [3.8, 4) is 22.3 Å². The molecule has 6 nitrogen and oxygen atoms in total. The molecular formula is C28H30N4O2. The minimum Gasteiger partial charge on any atom is -0.481 e. The molecule has 1 aliphatic rings. The van der Waals surface area contributed by atoms with Gasteiger partial charge >= 0.3 is 5.97 Å². The first-order valence-corrected chi connectivity index (χ1v) is 12.1. The van der Waals surface area contributed by atoms with Crippen LogP contribution in [0.3, 0.4) is 0 Å². The third-order valence-electron chi connectivity index (χ3n) is 6.76.